The minimum Gasteiger partial charge on any atom is -0.325 e. The van der Waals surface area contributed by atoms with Gasteiger partial charge >= 0.3 is 0 Å². The van der Waals surface area contributed by atoms with Crippen molar-refractivity contribution in [3.63, 3.8) is 0 Å². The highest BCUT2D eigenvalue weighted by molar-refractivity contribution is 6.53. The molecule has 0 radical (unpaired) electrons. The van der Waals surface area contributed by atoms with Gasteiger partial charge in [0, 0.05) is 23.7 Å². The Kier molecular flexibility index (Phi) is 4.00. The van der Waals surface area contributed by atoms with Crippen LogP contribution in [0.5, 0.6) is 0 Å². The van der Waals surface area contributed by atoms with Gasteiger partial charge in [-0.15, -0.1) is 23.2 Å². The average Bonchev–Trinajstić information content (AvgIpc) is 3.11. The van der Waals surface area contributed by atoms with E-state index in [4.69, 9.17) is 23.2 Å². The molecular formula is C16H12Cl2N2O3. The number of carbonyl (C=O) groups excluding carboxylic acids is 1. The van der Waals surface area contributed by atoms with Crippen LogP contribution in [0.2, 0.25) is 0 Å². The number of alkyl halides is 2. The average molecular weight is 351 g/mol. The highest BCUT2D eigenvalue weighted by Gasteiger charge is 2.67. The zero-order chi connectivity index (χ0) is 16.6. The molecule has 1 aliphatic rings. The summed E-state index contributed by atoms with van der Waals surface area (Å²) < 4.78 is -1.17. The minimum atomic E-state index is -1.17. The molecule has 0 heterocycles. The zero-order valence-electron chi connectivity index (χ0n) is 11.8. The molecule has 0 unspecified atom stereocenters. The number of amides is 1. The van der Waals surface area contributed by atoms with Crippen molar-refractivity contribution in [1.29, 1.82) is 0 Å². The van der Waals surface area contributed by atoms with Gasteiger partial charge in [-0.05, 0) is 11.6 Å². The van der Waals surface area contributed by atoms with Crippen molar-refractivity contribution in [2.75, 3.05) is 5.32 Å². The van der Waals surface area contributed by atoms with E-state index in [1.807, 2.05) is 30.3 Å². The standard InChI is InChI=1S/C16H12Cl2N2O3/c17-16(18)13(10-5-2-1-3-6-10)14(16)15(21)19-11-7-4-8-12(9-11)20(22)23/h1-9,13-14H,(H,19,21)/t13-,14+/m0/s1. The van der Waals surface area contributed by atoms with Crippen molar-refractivity contribution in [3.8, 4) is 0 Å². The highest BCUT2D eigenvalue weighted by Crippen LogP contribution is 2.65. The van der Waals surface area contributed by atoms with Gasteiger partial charge in [-0.3, -0.25) is 14.9 Å². The summed E-state index contributed by atoms with van der Waals surface area (Å²) in [5.41, 5.74) is 1.13. The monoisotopic (exact) mass is 350 g/mol. The fourth-order valence-electron chi connectivity index (χ4n) is 2.65. The first-order valence-electron chi connectivity index (χ1n) is 6.89. The summed E-state index contributed by atoms with van der Waals surface area (Å²) in [5.74, 6) is -1.26. The third-order valence-electron chi connectivity index (χ3n) is 3.82. The molecule has 2 aromatic carbocycles. The van der Waals surface area contributed by atoms with Crippen molar-refractivity contribution in [2.24, 2.45) is 5.92 Å². The van der Waals surface area contributed by atoms with Crippen LogP contribution in [0.15, 0.2) is 54.6 Å². The summed E-state index contributed by atoms with van der Waals surface area (Å²) in [7, 11) is 0. The number of non-ortho nitro benzene ring substituents is 1. The van der Waals surface area contributed by atoms with Gasteiger partial charge in [-0.1, -0.05) is 36.4 Å². The Morgan fingerprint density at radius 3 is 2.48 bits per heavy atom. The SMILES string of the molecule is O=C(Nc1cccc([N+](=O)[O-])c1)[C@H]1[C@H](c2ccccc2)C1(Cl)Cl. The van der Waals surface area contributed by atoms with Gasteiger partial charge in [0.2, 0.25) is 5.91 Å². The summed E-state index contributed by atoms with van der Waals surface area (Å²) in [5, 5.41) is 13.4. The fraction of sp³-hybridized carbons (Fsp3) is 0.188. The van der Waals surface area contributed by atoms with Gasteiger partial charge in [0.05, 0.1) is 10.8 Å². The Balaban J connectivity index is 1.77. The lowest BCUT2D eigenvalue weighted by Crippen LogP contribution is -2.17. The lowest BCUT2D eigenvalue weighted by molar-refractivity contribution is -0.384. The number of benzene rings is 2. The largest absolute Gasteiger partial charge is 0.325 e. The molecule has 0 spiro atoms. The molecule has 1 N–H and O–H groups in total. The van der Waals surface area contributed by atoms with Crippen molar-refractivity contribution < 1.29 is 9.72 Å². The first kappa shape index (κ1) is 15.8. The van der Waals surface area contributed by atoms with Gasteiger partial charge in [-0.2, -0.15) is 0 Å². The van der Waals surface area contributed by atoms with E-state index >= 15 is 0 Å². The number of hydrogen-bond donors (Lipinski definition) is 1. The number of nitrogens with one attached hydrogen (secondary N) is 1. The van der Waals surface area contributed by atoms with Gasteiger partial charge in [0.25, 0.3) is 5.69 Å². The molecule has 2 aromatic rings. The van der Waals surface area contributed by atoms with E-state index in [2.05, 4.69) is 5.32 Å². The first-order valence-corrected chi connectivity index (χ1v) is 7.65. The molecule has 5 nitrogen and oxygen atoms in total. The number of anilines is 1. The molecule has 0 saturated heterocycles. The molecule has 3 rings (SSSR count). The number of nitrogens with zero attached hydrogens (tertiary/aromatic N) is 1. The van der Waals surface area contributed by atoms with E-state index in [1.165, 1.54) is 18.2 Å². The van der Waals surface area contributed by atoms with E-state index in [1.54, 1.807) is 6.07 Å². The second kappa shape index (κ2) is 5.83. The summed E-state index contributed by atoms with van der Waals surface area (Å²) in [4.78, 5) is 22.7. The van der Waals surface area contributed by atoms with Crippen LogP contribution in [0.3, 0.4) is 0 Å². The highest BCUT2D eigenvalue weighted by atomic mass is 35.5. The Morgan fingerprint density at radius 1 is 1.13 bits per heavy atom. The van der Waals surface area contributed by atoms with E-state index < -0.39 is 15.2 Å². The lowest BCUT2D eigenvalue weighted by atomic mass is 10.1. The zero-order valence-corrected chi connectivity index (χ0v) is 13.3. The van der Waals surface area contributed by atoms with Crippen LogP contribution in [0.4, 0.5) is 11.4 Å². The molecule has 1 fully saturated rings. The molecule has 7 heteroatoms. The van der Waals surface area contributed by atoms with Crippen LogP contribution in [0, 0.1) is 16.0 Å². The van der Waals surface area contributed by atoms with Gasteiger partial charge in [0.1, 0.15) is 4.33 Å². The third kappa shape index (κ3) is 3.02. The van der Waals surface area contributed by atoms with Crippen LogP contribution >= 0.6 is 23.2 Å². The number of carbonyl (C=O) groups is 1. The number of nitro groups is 1. The lowest BCUT2D eigenvalue weighted by Gasteiger charge is -2.04. The maximum absolute atomic E-state index is 12.4. The van der Waals surface area contributed by atoms with E-state index in [0.29, 0.717) is 5.69 Å². The molecular weight excluding hydrogens is 339 g/mol. The first-order chi connectivity index (χ1) is 10.9. The summed E-state index contributed by atoms with van der Waals surface area (Å²) in [6.07, 6.45) is 0. The van der Waals surface area contributed by atoms with Crippen LogP contribution in [-0.2, 0) is 4.79 Å². The summed E-state index contributed by atoms with van der Waals surface area (Å²) in [6, 6.07) is 15.0. The van der Waals surface area contributed by atoms with Crippen LogP contribution < -0.4 is 5.32 Å². The molecule has 1 saturated carbocycles. The molecule has 0 aromatic heterocycles. The number of nitro benzene ring substituents is 1. The normalized spacial score (nSPS) is 21.5. The predicted molar refractivity (Wildman–Crippen MR) is 88.8 cm³/mol. The van der Waals surface area contributed by atoms with E-state index in [9.17, 15) is 14.9 Å². The van der Waals surface area contributed by atoms with Crippen LogP contribution in [0.1, 0.15) is 11.5 Å². The molecule has 23 heavy (non-hydrogen) atoms. The van der Waals surface area contributed by atoms with Crippen molar-refractivity contribution in [1.82, 2.24) is 0 Å². The second-order valence-corrected chi connectivity index (χ2v) is 6.78. The van der Waals surface area contributed by atoms with Crippen LogP contribution in [0.25, 0.3) is 0 Å². The van der Waals surface area contributed by atoms with Crippen molar-refractivity contribution in [2.45, 2.75) is 10.3 Å². The van der Waals surface area contributed by atoms with E-state index in [0.717, 1.165) is 5.56 Å². The molecule has 118 valence electrons. The fourth-order valence-corrected chi connectivity index (χ4v) is 3.47. The molecule has 0 bridgehead atoms. The summed E-state index contributed by atoms with van der Waals surface area (Å²) >= 11 is 12.5. The summed E-state index contributed by atoms with van der Waals surface area (Å²) in [6.45, 7) is 0. The quantitative estimate of drug-likeness (QED) is 0.512. The maximum atomic E-state index is 12.4. The molecule has 0 aliphatic heterocycles. The van der Waals surface area contributed by atoms with Crippen LogP contribution in [-0.4, -0.2) is 15.2 Å². The number of rotatable bonds is 4. The number of hydrogen-bond acceptors (Lipinski definition) is 3. The van der Waals surface area contributed by atoms with E-state index in [-0.39, 0.29) is 17.5 Å². The topological polar surface area (TPSA) is 72.2 Å². The maximum Gasteiger partial charge on any atom is 0.271 e. The third-order valence-corrected chi connectivity index (χ3v) is 4.76. The molecule has 1 amide bonds. The predicted octanol–water partition coefficient (Wildman–Crippen LogP) is 4.12. The van der Waals surface area contributed by atoms with Gasteiger partial charge in [-0.25, -0.2) is 0 Å². The minimum absolute atomic E-state index is 0.0961. The Bertz CT molecular complexity index is 765. The molecule has 1 aliphatic carbocycles. The Hall–Kier alpha value is -2.11. The van der Waals surface area contributed by atoms with Gasteiger partial charge < -0.3 is 5.32 Å². The Morgan fingerprint density at radius 2 is 1.83 bits per heavy atom. The smallest absolute Gasteiger partial charge is 0.271 e. The van der Waals surface area contributed by atoms with Gasteiger partial charge in [0.15, 0.2) is 0 Å². The molecule has 2 atom stereocenters. The van der Waals surface area contributed by atoms with Crippen molar-refractivity contribution in [3.05, 3.63) is 70.3 Å². The van der Waals surface area contributed by atoms with Crippen molar-refractivity contribution >= 4 is 40.5 Å². The number of halogens is 2. The second-order valence-electron chi connectivity index (χ2n) is 5.34. The Labute approximate surface area is 142 Å².